The van der Waals surface area contributed by atoms with E-state index in [1.165, 1.54) is 12.8 Å². The van der Waals surface area contributed by atoms with Gasteiger partial charge in [0.1, 0.15) is 0 Å². The largest absolute Gasteiger partial charge is 0.480 e. The summed E-state index contributed by atoms with van der Waals surface area (Å²) < 4.78 is 5.72. The van der Waals surface area contributed by atoms with Gasteiger partial charge in [0.25, 0.3) is 0 Å². The molecule has 25 heavy (non-hydrogen) atoms. The molecule has 2 fully saturated rings. The predicted octanol–water partition coefficient (Wildman–Crippen LogP) is 0.645. The number of nitrogens with one attached hydrogen (secondary N) is 1. The molecule has 1 heterocycles. The summed E-state index contributed by atoms with van der Waals surface area (Å²) in [5.74, 6) is 0.437. The first-order valence-electron chi connectivity index (χ1n) is 9.38. The molecule has 2 aliphatic rings. The lowest BCUT2D eigenvalue weighted by atomic mass is 9.78. The fourth-order valence-corrected chi connectivity index (χ4v) is 3.92. The summed E-state index contributed by atoms with van der Waals surface area (Å²) >= 11 is 0. The number of rotatable bonds is 7. The summed E-state index contributed by atoms with van der Waals surface area (Å²) in [5, 5.41) is 12.1. The van der Waals surface area contributed by atoms with E-state index in [-0.39, 0.29) is 24.6 Å². The van der Waals surface area contributed by atoms with Crippen molar-refractivity contribution in [3.63, 3.8) is 0 Å². The summed E-state index contributed by atoms with van der Waals surface area (Å²) in [6, 6.07) is 0.287. The fraction of sp³-hybridized carbons (Fsp3) is 0.889. The summed E-state index contributed by atoms with van der Waals surface area (Å²) in [7, 11) is 1.77. The Morgan fingerprint density at radius 2 is 2.08 bits per heavy atom. The Balaban J connectivity index is 1.75. The van der Waals surface area contributed by atoms with Gasteiger partial charge in [0, 0.05) is 25.7 Å². The lowest BCUT2D eigenvalue weighted by Gasteiger charge is -2.36. The van der Waals surface area contributed by atoms with Gasteiger partial charge in [-0.1, -0.05) is 26.7 Å². The smallest absolute Gasteiger partial charge is 0.317 e. The zero-order valence-corrected chi connectivity index (χ0v) is 15.7. The minimum absolute atomic E-state index is 0.00189. The third kappa shape index (κ3) is 6.56. The van der Waals surface area contributed by atoms with Crippen molar-refractivity contribution in [2.24, 2.45) is 11.8 Å². The molecule has 0 aromatic heterocycles. The van der Waals surface area contributed by atoms with Crippen LogP contribution >= 0.6 is 0 Å². The zero-order chi connectivity index (χ0) is 18.4. The van der Waals surface area contributed by atoms with Crippen molar-refractivity contribution in [3.05, 3.63) is 0 Å². The molecule has 4 unspecified atom stereocenters. The number of nitrogens with zero attached hydrogens (tertiary/aromatic N) is 2. The summed E-state index contributed by atoms with van der Waals surface area (Å²) in [6.07, 6.45) is 3.46. The molecule has 7 nitrogen and oxygen atoms in total. The van der Waals surface area contributed by atoms with Crippen molar-refractivity contribution < 1.29 is 19.4 Å². The minimum Gasteiger partial charge on any atom is -0.480 e. The van der Waals surface area contributed by atoms with Crippen LogP contribution in [0, 0.1) is 11.8 Å². The second-order valence-corrected chi connectivity index (χ2v) is 7.76. The Labute approximate surface area is 150 Å². The van der Waals surface area contributed by atoms with Crippen LogP contribution in [0.3, 0.4) is 0 Å². The molecule has 0 radical (unpaired) electrons. The summed E-state index contributed by atoms with van der Waals surface area (Å²) in [4.78, 5) is 27.0. The first-order valence-corrected chi connectivity index (χ1v) is 9.38. The maximum absolute atomic E-state index is 12.4. The highest BCUT2D eigenvalue weighted by Gasteiger charge is 2.29. The maximum Gasteiger partial charge on any atom is 0.317 e. The lowest BCUT2D eigenvalue weighted by molar-refractivity contribution is -0.138. The second kappa shape index (κ2) is 9.50. The van der Waals surface area contributed by atoms with Gasteiger partial charge in [0.05, 0.1) is 25.8 Å². The van der Waals surface area contributed by atoms with Crippen LogP contribution in [-0.2, 0) is 14.3 Å². The third-order valence-corrected chi connectivity index (χ3v) is 5.56. The third-order valence-electron chi connectivity index (χ3n) is 5.56. The van der Waals surface area contributed by atoms with Crippen LogP contribution in [0.4, 0.5) is 0 Å². The molecule has 2 rings (SSSR count). The summed E-state index contributed by atoms with van der Waals surface area (Å²) in [6.45, 7) is 7.42. The highest BCUT2D eigenvalue weighted by molar-refractivity contribution is 5.78. The number of morpholine rings is 1. The number of carboxylic acids is 1. The number of carbonyl (C=O) groups is 2. The monoisotopic (exact) mass is 355 g/mol. The lowest BCUT2D eigenvalue weighted by Crippen LogP contribution is -2.52. The van der Waals surface area contributed by atoms with Crippen molar-refractivity contribution in [1.29, 1.82) is 0 Å². The Bertz CT molecular complexity index is 460. The number of aliphatic carboxylic acids is 1. The molecule has 2 N–H and O–H groups in total. The number of likely N-dealkylation sites (N-methyl/N-ethyl adjacent to an activating group) is 1. The molecule has 7 heteroatoms. The van der Waals surface area contributed by atoms with E-state index in [2.05, 4.69) is 24.1 Å². The van der Waals surface area contributed by atoms with Crippen molar-refractivity contribution >= 4 is 11.9 Å². The van der Waals surface area contributed by atoms with Crippen LogP contribution in [0.2, 0.25) is 0 Å². The standard InChI is InChI=1S/C18H33N3O4/c1-13-5-4-6-16(14(13)2)19-17(22)11-21-7-8-25-15(10-21)9-20(3)12-18(23)24/h13-16H,4-12H2,1-3H3,(H,19,22)(H,23,24). The first-order chi connectivity index (χ1) is 11.8. The molecule has 4 atom stereocenters. The van der Waals surface area contributed by atoms with Gasteiger partial charge in [-0.25, -0.2) is 0 Å². The molecule has 1 aliphatic carbocycles. The number of ether oxygens (including phenoxy) is 1. The van der Waals surface area contributed by atoms with Crippen LogP contribution in [0.15, 0.2) is 0 Å². The van der Waals surface area contributed by atoms with Crippen LogP contribution in [-0.4, -0.2) is 85.3 Å². The predicted molar refractivity (Wildman–Crippen MR) is 95.4 cm³/mol. The molecule has 1 saturated heterocycles. The number of carboxylic acid groups (broad SMARTS) is 1. The van der Waals surface area contributed by atoms with Gasteiger partial charge in [0.2, 0.25) is 5.91 Å². The highest BCUT2D eigenvalue weighted by atomic mass is 16.5. The Morgan fingerprint density at radius 1 is 1.32 bits per heavy atom. The van der Waals surface area contributed by atoms with Gasteiger partial charge in [-0.05, 0) is 25.3 Å². The van der Waals surface area contributed by atoms with E-state index in [1.807, 2.05) is 0 Å². The Morgan fingerprint density at radius 3 is 2.80 bits per heavy atom. The highest BCUT2D eigenvalue weighted by Crippen LogP contribution is 2.29. The molecule has 0 aromatic rings. The van der Waals surface area contributed by atoms with Crippen molar-refractivity contribution in [1.82, 2.24) is 15.1 Å². The van der Waals surface area contributed by atoms with E-state index in [1.54, 1.807) is 11.9 Å². The molecular formula is C18H33N3O4. The zero-order valence-electron chi connectivity index (χ0n) is 15.7. The van der Waals surface area contributed by atoms with Gasteiger partial charge in [-0.3, -0.25) is 19.4 Å². The minimum atomic E-state index is -0.842. The van der Waals surface area contributed by atoms with Crippen LogP contribution < -0.4 is 5.32 Å². The molecule has 1 amide bonds. The first kappa shape index (κ1) is 20.1. The molecule has 144 valence electrons. The average molecular weight is 355 g/mol. The van der Waals surface area contributed by atoms with Gasteiger partial charge in [-0.15, -0.1) is 0 Å². The van der Waals surface area contributed by atoms with Gasteiger partial charge < -0.3 is 15.2 Å². The molecular weight excluding hydrogens is 322 g/mol. The molecule has 0 aromatic carbocycles. The van der Waals surface area contributed by atoms with E-state index < -0.39 is 5.97 Å². The van der Waals surface area contributed by atoms with Gasteiger partial charge in [-0.2, -0.15) is 0 Å². The maximum atomic E-state index is 12.4. The van der Waals surface area contributed by atoms with Crippen molar-refractivity contribution in [2.75, 3.05) is 46.4 Å². The quantitative estimate of drug-likeness (QED) is 0.698. The van der Waals surface area contributed by atoms with E-state index >= 15 is 0 Å². The van der Waals surface area contributed by atoms with Gasteiger partial charge >= 0.3 is 5.97 Å². The van der Waals surface area contributed by atoms with Crippen molar-refractivity contribution in [2.45, 2.75) is 45.3 Å². The Kier molecular flexibility index (Phi) is 7.65. The number of hydrogen-bond donors (Lipinski definition) is 2. The summed E-state index contributed by atoms with van der Waals surface area (Å²) in [5.41, 5.74) is 0. The number of amides is 1. The van der Waals surface area contributed by atoms with Crippen LogP contribution in [0.5, 0.6) is 0 Å². The van der Waals surface area contributed by atoms with E-state index in [0.717, 1.165) is 13.0 Å². The molecule has 0 bridgehead atoms. The SMILES string of the molecule is CC1CCCC(NC(=O)CN2CCOC(CN(C)CC(=O)O)C2)C1C. The normalized spacial score (nSPS) is 31.0. The van der Waals surface area contributed by atoms with Crippen LogP contribution in [0.25, 0.3) is 0 Å². The van der Waals surface area contributed by atoms with Crippen molar-refractivity contribution in [3.8, 4) is 0 Å². The van der Waals surface area contributed by atoms with E-state index in [9.17, 15) is 9.59 Å². The second-order valence-electron chi connectivity index (χ2n) is 7.76. The van der Waals surface area contributed by atoms with Crippen LogP contribution in [0.1, 0.15) is 33.1 Å². The Hall–Kier alpha value is -1.18. The molecule has 0 spiro atoms. The van der Waals surface area contributed by atoms with E-state index in [4.69, 9.17) is 9.84 Å². The topological polar surface area (TPSA) is 82.1 Å². The molecule has 1 saturated carbocycles. The average Bonchev–Trinajstić information content (AvgIpc) is 2.51. The van der Waals surface area contributed by atoms with Gasteiger partial charge in [0.15, 0.2) is 0 Å². The fourth-order valence-electron chi connectivity index (χ4n) is 3.92. The number of carbonyl (C=O) groups excluding carboxylic acids is 1. The number of hydrogen-bond acceptors (Lipinski definition) is 5. The van der Waals surface area contributed by atoms with E-state index in [0.29, 0.717) is 38.1 Å². The molecule has 1 aliphatic heterocycles.